The fraction of sp³-hybridized carbons (Fsp3) is 0.500. The number of carboxylic acids is 1. The molecule has 0 bridgehead atoms. The van der Waals surface area contributed by atoms with E-state index in [0.29, 0.717) is 0 Å². The Morgan fingerprint density at radius 1 is 1.50 bits per heavy atom. The molecule has 3 N–H and O–H groups in total. The van der Waals surface area contributed by atoms with Gasteiger partial charge >= 0.3 is 5.97 Å². The van der Waals surface area contributed by atoms with Gasteiger partial charge in [-0.25, -0.2) is 0 Å². The summed E-state index contributed by atoms with van der Waals surface area (Å²) in [5.74, 6) is -0.749. The molecule has 4 nitrogen and oxygen atoms in total. The molecule has 1 atom stereocenters. The van der Waals surface area contributed by atoms with Crippen LogP contribution in [0.2, 0.25) is 0 Å². The Bertz CT molecular complexity index is 441. The van der Waals surface area contributed by atoms with Gasteiger partial charge in [0, 0.05) is 19.1 Å². The third-order valence-corrected chi connectivity index (χ3v) is 3.59. The number of rotatable bonds is 5. The molecule has 1 aromatic rings. The van der Waals surface area contributed by atoms with Crippen LogP contribution in [-0.4, -0.2) is 29.7 Å². The SMILES string of the molecule is Cc1ccccc1[C@@H](C)NC1(CC(=O)O)CNC1. The van der Waals surface area contributed by atoms with E-state index in [0.717, 1.165) is 13.1 Å². The lowest BCUT2D eigenvalue weighted by atomic mass is 9.86. The van der Waals surface area contributed by atoms with Gasteiger partial charge < -0.3 is 15.7 Å². The molecule has 18 heavy (non-hydrogen) atoms. The van der Waals surface area contributed by atoms with Crippen LogP contribution in [0.4, 0.5) is 0 Å². The molecule has 0 saturated carbocycles. The van der Waals surface area contributed by atoms with Gasteiger partial charge in [-0.15, -0.1) is 0 Å². The second-order valence-corrected chi connectivity index (χ2v) is 5.18. The summed E-state index contributed by atoms with van der Waals surface area (Å²) in [6, 6.07) is 8.37. The molecule has 1 fully saturated rings. The number of nitrogens with one attached hydrogen (secondary N) is 2. The number of aliphatic carboxylic acids is 1. The molecule has 2 rings (SSSR count). The van der Waals surface area contributed by atoms with E-state index in [1.807, 2.05) is 12.1 Å². The number of carbonyl (C=O) groups is 1. The van der Waals surface area contributed by atoms with E-state index in [1.54, 1.807) is 0 Å². The largest absolute Gasteiger partial charge is 0.481 e. The minimum Gasteiger partial charge on any atom is -0.481 e. The minimum absolute atomic E-state index is 0.160. The molecule has 1 aliphatic rings. The highest BCUT2D eigenvalue weighted by Gasteiger charge is 2.40. The number of benzene rings is 1. The molecule has 0 unspecified atom stereocenters. The molecule has 0 aliphatic carbocycles. The Hall–Kier alpha value is -1.39. The van der Waals surface area contributed by atoms with Gasteiger partial charge in [-0.3, -0.25) is 4.79 Å². The Labute approximate surface area is 107 Å². The molecule has 1 aliphatic heterocycles. The highest BCUT2D eigenvalue weighted by molar-refractivity contribution is 5.69. The van der Waals surface area contributed by atoms with Crippen molar-refractivity contribution in [2.24, 2.45) is 0 Å². The summed E-state index contributed by atoms with van der Waals surface area (Å²) < 4.78 is 0. The highest BCUT2D eigenvalue weighted by Crippen LogP contribution is 2.24. The lowest BCUT2D eigenvalue weighted by Crippen LogP contribution is -2.68. The summed E-state index contributed by atoms with van der Waals surface area (Å²) in [4.78, 5) is 10.9. The smallest absolute Gasteiger partial charge is 0.305 e. The van der Waals surface area contributed by atoms with Crippen molar-refractivity contribution in [3.63, 3.8) is 0 Å². The van der Waals surface area contributed by atoms with Crippen LogP contribution in [0.5, 0.6) is 0 Å². The fourth-order valence-electron chi connectivity index (χ4n) is 2.60. The molecule has 1 heterocycles. The van der Waals surface area contributed by atoms with Crippen molar-refractivity contribution in [2.75, 3.05) is 13.1 Å². The summed E-state index contributed by atoms with van der Waals surface area (Å²) in [6.07, 6.45) is 0.163. The van der Waals surface area contributed by atoms with Crippen molar-refractivity contribution in [1.82, 2.24) is 10.6 Å². The van der Waals surface area contributed by atoms with E-state index in [1.165, 1.54) is 11.1 Å². The summed E-state index contributed by atoms with van der Waals surface area (Å²) in [5.41, 5.74) is 2.16. The van der Waals surface area contributed by atoms with E-state index in [2.05, 4.69) is 36.6 Å². The van der Waals surface area contributed by atoms with Crippen molar-refractivity contribution in [3.05, 3.63) is 35.4 Å². The van der Waals surface area contributed by atoms with Gasteiger partial charge in [-0.1, -0.05) is 24.3 Å². The van der Waals surface area contributed by atoms with E-state index in [9.17, 15) is 4.79 Å². The number of hydrogen-bond donors (Lipinski definition) is 3. The Kier molecular flexibility index (Phi) is 3.68. The van der Waals surface area contributed by atoms with Gasteiger partial charge in [0.1, 0.15) is 0 Å². The quantitative estimate of drug-likeness (QED) is 0.738. The normalized spacial score (nSPS) is 19.0. The summed E-state index contributed by atoms with van der Waals surface area (Å²) in [6.45, 7) is 5.60. The third-order valence-electron chi connectivity index (χ3n) is 3.59. The van der Waals surface area contributed by atoms with Gasteiger partial charge in [0.25, 0.3) is 0 Å². The predicted molar refractivity (Wildman–Crippen MR) is 70.6 cm³/mol. The van der Waals surface area contributed by atoms with E-state index >= 15 is 0 Å². The molecule has 0 aromatic heterocycles. The maximum Gasteiger partial charge on any atom is 0.305 e. The van der Waals surface area contributed by atoms with Crippen LogP contribution in [0.3, 0.4) is 0 Å². The summed E-state index contributed by atoms with van der Waals surface area (Å²) >= 11 is 0. The first-order valence-electron chi connectivity index (χ1n) is 6.28. The molecule has 0 amide bonds. The number of carboxylic acid groups (broad SMARTS) is 1. The van der Waals surface area contributed by atoms with Crippen LogP contribution in [0, 0.1) is 6.92 Å². The Morgan fingerprint density at radius 3 is 2.67 bits per heavy atom. The molecule has 0 radical (unpaired) electrons. The zero-order valence-electron chi connectivity index (χ0n) is 10.9. The predicted octanol–water partition coefficient (Wildman–Crippen LogP) is 1.46. The molecule has 1 aromatic carbocycles. The number of aryl methyl sites for hydroxylation is 1. The highest BCUT2D eigenvalue weighted by atomic mass is 16.4. The first-order chi connectivity index (χ1) is 8.52. The Balaban J connectivity index is 2.08. The molecule has 98 valence electrons. The molecule has 4 heteroatoms. The van der Waals surface area contributed by atoms with Gasteiger partial charge in [0.15, 0.2) is 0 Å². The zero-order valence-corrected chi connectivity index (χ0v) is 10.9. The van der Waals surface area contributed by atoms with Gasteiger partial charge in [0.2, 0.25) is 0 Å². The summed E-state index contributed by atoms with van der Waals surface area (Å²) in [5, 5.41) is 15.6. The van der Waals surface area contributed by atoms with E-state index in [-0.39, 0.29) is 18.0 Å². The second kappa shape index (κ2) is 5.08. The van der Waals surface area contributed by atoms with Crippen LogP contribution < -0.4 is 10.6 Å². The maximum absolute atomic E-state index is 10.9. The lowest BCUT2D eigenvalue weighted by Gasteiger charge is -2.44. The molecular weight excluding hydrogens is 228 g/mol. The van der Waals surface area contributed by atoms with E-state index < -0.39 is 5.97 Å². The van der Waals surface area contributed by atoms with Crippen molar-refractivity contribution >= 4 is 5.97 Å². The van der Waals surface area contributed by atoms with Crippen molar-refractivity contribution in [2.45, 2.75) is 31.8 Å². The fourth-order valence-corrected chi connectivity index (χ4v) is 2.60. The molecular formula is C14H20N2O2. The minimum atomic E-state index is -0.749. The van der Waals surface area contributed by atoms with Crippen LogP contribution in [0.1, 0.15) is 30.5 Å². The van der Waals surface area contributed by atoms with Gasteiger partial charge in [-0.2, -0.15) is 0 Å². The van der Waals surface area contributed by atoms with Gasteiger partial charge in [0.05, 0.1) is 12.0 Å². The van der Waals surface area contributed by atoms with Crippen LogP contribution in [0.25, 0.3) is 0 Å². The monoisotopic (exact) mass is 248 g/mol. The van der Waals surface area contributed by atoms with Crippen molar-refractivity contribution in [3.8, 4) is 0 Å². The average molecular weight is 248 g/mol. The molecule has 1 saturated heterocycles. The van der Waals surface area contributed by atoms with E-state index in [4.69, 9.17) is 5.11 Å². The average Bonchev–Trinajstić information content (AvgIpc) is 2.25. The lowest BCUT2D eigenvalue weighted by molar-refractivity contribution is -0.139. The first-order valence-corrected chi connectivity index (χ1v) is 6.28. The standard InChI is InChI=1S/C14H20N2O2/c1-10-5-3-4-6-12(10)11(2)16-14(7-13(17)18)8-15-9-14/h3-6,11,15-16H,7-9H2,1-2H3,(H,17,18)/t11-/m1/s1. The maximum atomic E-state index is 10.9. The van der Waals surface area contributed by atoms with Crippen molar-refractivity contribution < 1.29 is 9.90 Å². The Morgan fingerprint density at radius 2 is 2.17 bits per heavy atom. The first kappa shape index (κ1) is 13.1. The zero-order chi connectivity index (χ0) is 13.2. The van der Waals surface area contributed by atoms with Crippen LogP contribution in [-0.2, 0) is 4.79 Å². The van der Waals surface area contributed by atoms with Crippen molar-refractivity contribution in [1.29, 1.82) is 0 Å². The topological polar surface area (TPSA) is 61.4 Å². The van der Waals surface area contributed by atoms with Gasteiger partial charge in [-0.05, 0) is 25.0 Å². The second-order valence-electron chi connectivity index (χ2n) is 5.18. The molecule has 0 spiro atoms. The summed E-state index contributed by atoms with van der Waals surface area (Å²) in [7, 11) is 0. The number of hydrogen-bond acceptors (Lipinski definition) is 3. The van der Waals surface area contributed by atoms with Crippen LogP contribution in [0.15, 0.2) is 24.3 Å². The third kappa shape index (κ3) is 2.71. The van der Waals surface area contributed by atoms with Crippen LogP contribution >= 0.6 is 0 Å².